The molecule has 0 aliphatic rings. The zero-order chi connectivity index (χ0) is 16.9. The van der Waals surface area contributed by atoms with E-state index in [1.165, 1.54) is 11.3 Å². The fourth-order valence-electron chi connectivity index (χ4n) is 2.43. The minimum atomic E-state index is -0.134. The zero-order valence-corrected chi connectivity index (χ0v) is 14.4. The van der Waals surface area contributed by atoms with Gasteiger partial charge in [0.2, 0.25) is 0 Å². The minimum absolute atomic E-state index is 0.134. The lowest BCUT2D eigenvalue weighted by atomic mass is 10.1. The summed E-state index contributed by atoms with van der Waals surface area (Å²) >= 11 is 1.48. The molecule has 3 nitrogen and oxygen atoms in total. The van der Waals surface area contributed by atoms with Crippen molar-refractivity contribution in [3.63, 3.8) is 0 Å². The molecule has 120 valence electrons. The molecule has 0 saturated heterocycles. The van der Waals surface area contributed by atoms with Crippen molar-refractivity contribution in [2.45, 2.75) is 13.8 Å². The number of nitrogens with one attached hydrogen (secondary N) is 1. The molecule has 4 aromatic rings. The first-order chi connectivity index (χ1) is 11.8. The Morgan fingerprint density at radius 2 is 1.62 bits per heavy atom. The molecule has 0 fully saturated rings. The second-order valence-electron chi connectivity index (χ2n) is 5.00. The summed E-state index contributed by atoms with van der Waals surface area (Å²) in [5, 5.41) is 5.68. The summed E-state index contributed by atoms with van der Waals surface area (Å²) in [5.41, 5.74) is 1.54. The van der Waals surface area contributed by atoms with Crippen LogP contribution in [0.4, 0.5) is 5.13 Å². The third kappa shape index (κ3) is 3.29. The van der Waals surface area contributed by atoms with Gasteiger partial charge in [0.15, 0.2) is 5.13 Å². The second kappa shape index (κ2) is 7.23. The van der Waals surface area contributed by atoms with Crippen LogP contribution in [0.3, 0.4) is 0 Å². The van der Waals surface area contributed by atoms with E-state index in [9.17, 15) is 4.79 Å². The monoisotopic (exact) mass is 334 g/mol. The van der Waals surface area contributed by atoms with Gasteiger partial charge in [0.25, 0.3) is 5.91 Å². The number of fused-ring (bicyclic) bond motifs is 2. The maximum absolute atomic E-state index is 12.4. The smallest absolute Gasteiger partial charge is 0.257 e. The van der Waals surface area contributed by atoms with Crippen molar-refractivity contribution in [1.82, 2.24) is 4.98 Å². The van der Waals surface area contributed by atoms with Gasteiger partial charge >= 0.3 is 0 Å². The van der Waals surface area contributed by atoms with Crippen LogP contribution in [0.15, 0.2) is 66.7 Å². The van der Waals surface area contributed by atoms with Crippen LogP contribution in [0.2, 0.25) is 0 Å². The summed E-state index contributed by atoms with van der Waals surface area (Å²) in [6, 6.07) is 21.5. The van der Waals surface area contributed by atoms with Gasteiger partial charge in [0.05, 0.1) is 10.2 Å². The number of carbonyl (C=O) groups is 1. The largest absolute Gasteiger partial charge is 0.298 e. The molecule has 1 aromatic heterocycles. The number of hydrogen-bond acceptors (Lipinski definition) is 3. The molecular formula is C20H18N2OS. The van der Waals surface area contributed by atoms with E-state index in [2.05, 4.69) is 10.3 Å². The van der Waals surface area contributed by atoms with Crippen molar-refractivity contribution >= 4 is 43.4 Å². The standard InChI is InChI=1S/C18H12N2OS.C2H6/c21-17(14-10-9-12-5-1-2-6-13(12)11-14)20-18-19-15-7-3-4-8-16(15)22-18;1-2/h1-11H,(H,19,20,21);1-2H3. The fourth-order valence-corrected chi connectivity index (χ4v) is 3.29. The van der Waals surface area contributed by atoms with Crippen LogP contribution >= 0.6 is 11.3 Å². The molecule has 0 unspecified atom stereocenters. The number of anilines is 1. The van der Waals surface area contributed by atoms with Gasteiger partial charge in [-0.05, 0) is 35.0 Å². The second-order valence-corrected chi connectivity index (χ2v) is 6.03. The summed E-state index contributed by atoms with van der Waals surface area (Å²) in [6.45, 7) is 4.00. The number of rotatable bonds is 2. The number of hydrogen-bond donors (Lipinski definition) is 1. The predicted octanol–water partition coefficient (Wildman–Crippen LogP) is 5.73. The average Bonchev–Trinajstić information content (AvgIpc) is 3.05. The van der Waals surface area contributed by atoms with Crippen molar-refractivity contribution in [1.29, 1.82) is 0 Å². The van der Waals surface area contributed by atoms with E-state index in [1.54, 1.807) is 0 Å². The lowest BCUT2D eigenvalue weighted by molar-refractivity contribution is 0.102. The number of amides is 1. The molecule has 0 saturated carbocycles. The van der Waals surface area contributed by atoms with Crippen LogP contribution in [0.25, 0.3) is 21.0 Å². The topological polar surface area (TPSA) is 42.0 Å². The molecule has 0 aliphatic heterocycles. The first kappa shape index (κ1) is 16.1. The molecule has 0 atom stereocenters. The van der Waals surface area contributed by atoms with Gasteiger partial charge in [-0.2, -0.15) is 0 Å². The van der Waals surface area contributed by atoms with Crippen LogP contribution in [0, 0.1) is 0 Å². The van der Waals surface area contributed by atoms with Crippen LogP contribution in [0.5, 0.6) is 0 Å². The van der Waals surface area contributed by atoms with E-state index in [-0.39, 0.29) is 5.91 Å². The summed E-state index contributed by atoms with van der Waals surface area (Å²) in [4.78, 5) is 16.8. The zero-order valence-electron chi connectivity index (χ0n) is 13.6. The van der Waals surface area contributed by atoms with Crippen molar-refractivity contribution in [3.05, 3.63) is 72.3 Å². The Bertz CT molecular complexity index is 958. The Hall–Kier alpha value is -2.72. The van der Waals surface area contributed by atoms with E-state index >= 15 is 0 Å². The lowest BCUT2D eigenvalue weighted by Gasteiger charge is -2.03. The van der Waals surface area contributed by atoms with Gasteiger partial charge in [0, 0.05) is 5.56 Å². The Morgan fingerprint density at radius 1 is 0.917 bits per heavy atom. The number of nitrogens with zero attached hydrogens (tertiary/aromatic N) is 1. The maximum atomic E-state index is 12.4. The number of carbonyl (C=O) groups excluding carboxylic acids is 1. The van der Waals surface area contributed by atoms with Gasteiger partial charge in [-0.15, -0.1) is 0 Å². The van der Waals surface area contributed by atoms with E-state index in [1.807, 2.05) is 80.6 Å². The van der Waals surface area contributed by atoms with Crippen molar-refractivity contribution < 1.29 is 4.79 Å². The highest BCUT2D eigenvalue weighted by atomic mass is 32.1. The Kier molecular flexibility index (Phi) is 4.87. The van der Waals surface area contributed by atoms with E-state index in [0.29, 0.717) is 10.7 Å². The van der Waals surface area contributed by atoms with E-state index < -0.39 is 0 Å². The first-order valence-electron chi connectivity index (χ1n) is 7.95. The molecule has 0 aliphatic carbocycles. The number of benzene rings is 3. The van der Waals surface area contributed by atoms with Crippen LogP contribution in [-0.2, 0) is 0 Å². The maximum Gasteiger partial charge on any atom is 0.257 e. The molecule has 0 spiro atoms. The minimum Gasteiger partial charge on any atom is -0.298 e. The molecule has 3 aromatic carbocycles. The molecule has 4 rings (SSSR count). The van der Waals surface area contributed by atoms with Gasteiger partial charge in [-0.1, -0.05) is 67.6 Å². The third-order valence-electron chi connectivity index (χ3n) is 3.53. The molecular weight excluding hydrogens is 316 g/mol. The summed E-state index contributed by atoms with van der Waals surface area (Å²) < 4.78 is 1.07. The molecule has 24 heavy (non-hydrogen) atoms. The van der Waals surface area contributed by atoms with Gasteiger partial charge < -0.3 is 0 Å². The molecule has 1 amide bonds. The number of thiazole rings is 1. The normalized spacial score (nSPS) is 10.2. The molecule has 1 N–H and O–H groups in total. The van der Waals surface area contributed by atoms with Gasteiger partial charge in [-0.25, -0.2) is 4.98 Å². The molecule has 0 radical (unpaired) electrons. The summed E-state index contributed by atoms with van der Waals surface area (Å²) in [7, 11) is 0. The Balaban J connectivity index is 0.000000815. The van der Waals surface area contributed by atoms with Crippen molar-refractivity contribution in [2.24, 2.45) is 0 Å². The Labute approximate surface area is 145 Å². The quantitative estimate of drug-likeness (QED) is 0.509. The molecule has 1 heterocycles. The predicted molar refractivity (Wildman–Crippen MR) is 103 cm³/mol. The summed E-state index contributed by atoms with van der Waals surface area (Å²) in [5.74, 6) is -0.134. The van der Waals surface area contributed by atoms with Crippen molar-refractivity contribution in [3.8, 4) is 0 Å². The fraction of sp³-hybridized carbons (Fsp3) is 0.100. The summed E-state index contributed by atoms with van der Waals surface area (Å²) in [6.07, 6.45) is 0. The van der Waals surface area contributed by atoms with Crippen LogP contribution in [-0.4, -0.2) is 10.9 Å². The lowest BCUT2D eigenvalue weighted by Crippen LogP contribution is -2.11. The highest BCUT2D eigenvalue weighted by Gasteiger charge is 2.10. The van der Waals surface area contributed by atoms with Gasteiger partial charge in [0.1, 0.15) is 0 Å². The SMILES string of the molecule is CC.O=C(Nc1nc2ccccc2s1)c1ccc2ccccc2c1. The third-order valence-corrected chi connectivity index (χ3v) is 4.48. The van der Waals surface area contributed by atoms with Gasteiger partial charge in [-0.3, -0.25) is 10.1 Å². The number of para-hydroxylation sites is 1. The first-order valence-corrected chi connectivity index (χ1v) is 8.77. The Morgan fingerprint density at radius 3 is 2.42 bits per heavy atom. The van der Waals surface area contributed by atoms with Crippen LogP contribution < -0.4 is 5.32 Å². The number of aromatic nitrogens is 1. The molecule has 0 bridgehead atoms. The highest BCUT2D eigenvalue weighted by Crippen LogP contribution is 2.26. The van der Waals surface area contributed by atoms with Crippen molar-refractivity contribution in [2.75, 3.05) is 5.32 Å². The molecule has 4 heteroatoms. The van der Waals surface area contributed by atoms with E-state index in [4.69, 9.17) is 0 Å². The van der Waals surface area contributed by atoms with Crippen LogP contribution in [0.1, 0.15) is 24.2 Å². The highest BCUT2D eigenvalue weighted by molar-refractivity contribution is 7.22. The van der Waals surface area contributed by atoms with E-state index in [0.717, 1.165) is 21.0 Å². The average molecular weight is 334 g/mol.